The van der Waals surface area contributed by atoms with Gasteiger partial charge in [0.15, 0.2) is 5.37 Å². The molecular weight excluding hydrogens is 284 g/mol. The van der Waals surface area contributed by atoms with Crippen molar-refractivity contribution in [2.24, 2.45) is 5.73 Å². The van der Waals surface area contributed by atoms with Crippen LogP contribution in [0, 0.1) is 6.92 Å². The molecule has 8 heteroatoms. The van der Waals surface area contributed by atoms with E-state index in [0.717, 1.165) is 0 Å². The van der Waals surface area contributed by atoms with Crippen LogP contribution in [0.15, 0.2) is 24.3 Å². The van der Waals surface area contributed by atoms with Crippen LogP contribution in [0.3, 0.4) is 0 Å². The van der Waals surface area contributed by atoms with Crippen LogP contribution >= 0.6 is 0 Å². The average Bonchev–Trinajstić information content (AvgIpc) is 2.32. The first-order valence-electron chi connectivity index (χ1n) is 5.94. The molecule has 1 aromatic rings. The van der Waals surface area contributed by atoms with Gasteiger partial charge in [0.05, 0.1) is 0 Å². The van der Waals surface area contributed by atoms with Gasteiger partial charge in [0.1, 0.15) is 5.75 Å². The standard InChI is InChI=1S/C7H8O.C5H12N2O4S/c1-6-2-4-7(8)5-3-6;1-2-3-4(7-5(6)8)12(9,10)11/h2-5,8H,1H3;4H,2-3H2,1H3,(H3,6,7,8)(H,9,10,11). The molecule has 0 saturated heterocycles. The molecule has 0 aliphatic carbocycles. The summed E-state index contributed by atoms with van der Waals surface area (Å²) < 4.78 is 29.6. The minimum absolute atomic E-state index is 0.141. The van der Waals surface area contributed by atoms with Gasteiger partial charge in [-0.15, -0.1) is 0 Å². The van der Waals surface area contributed by atoms with Crippen molar-refractivity contribution in [3.63, 3.8) is 0 Å². The predicted molar refractivity (Wildman–Crippen MR) is 75.8 cm³/mol. The van der Waals surface area contributed by atoms with E-state index in [0.29, 0.717) is 12.2 Å². The van der Waals surface area contributed by atoms with E-state index in [1.165, 1.54) is 5.56 Å². The van der Waals surface area contributed by atoms with E-state index in [2.05, 4.69) is 0 Å². The molecule has 0 spiro atoms. The topological polar surface area (TPSA) is 130 Å². The van der Waals surface area contributed by atoms with Crippen LogP contribution in [-0.2, 0) is 10.1 Å². The van der Waals surface area contributed by atoms with E-state index in [4.69, 9.17) is 15.4 Å². The Morgan fingerprint density at radius 1 is 1.35 bits per heavy atom. The molecule has 0 aliphatic heterocycles. The van der Waals surface area contributed by atoms with E-state index >= 15 is 0 Å². The minimum atomic E-state index is -4.23. The number of primary amides is 1. The lowest BCUT2D eigenvalue weighted by atomic mass is 10.2. The highest BCUT2D eigenvalue weighted by molar-refractivity contribution is 7.86. The van der Waals surface area contributed by atoms with Crippen LogP contribution in [0.5, 0.6) is 5.75 Å². The smallest absolute Gasteiger partial charge is 0.313 e. The highest BCUT2D eigenvalue weighted by atomic mass is 32.2. The second kappa shape index (κ2) is 8.39. The second-order valence-corrected chi connectivity index (χ2v) is 5.74. The van der Waals surface area contributed by atoms with Gasteiger partial charge in [0, 0.05) is 0 Å². The minimum Gasteiger partial charge on any atom is -0.508 e. The number of amides is 2. The number of nitrogens with two attached hydrogens (primary N) is 1. The molecule has 1 rings (SSSR count). The number of rotatable bonds is 4. The number of phenols is 1. The van der Waals surface area contributed by atoms with Gasteiger partial charge >= 0.3 is 6.03 Å². The molecule has 0 saturated carbocycles. The van der Waals surface area contributed by atoms with Gasteiger partial charge in [0.2, 0.25) is 0 Å². The summed E-state index contributed by atoms with van der Waals surface area (Å²) in [6.07, 6.45) is 0.659. The fourth-order valence-corrected chi connectivity index (χ4v) is 2.06. The number of urea groups is 1. The van der Waals surface area contributed by atoms with Crippen molar-refractivity contribution in [1.82, 2.24) is 5.32 Å². The molecule has 0 radical (unpaired) electrons. The molecule has 1 aromatic carbocycles. The summed E-state index contributed by atoms with van der Waals surface area (Å²) in [7, 11) is -4.23. The fraction of sp³-hybridized carbons (Fsp3) is 0.417. The largest absolute Gasteiger partial charge is 0.508 e. The summed E-state index contributed by atoms with van der Waals surface area (Å²) in [5.74, 6) is 0.329. The van der Waals surface area contributed by atoms with Gasteiger partial charge in [-0.25, -0.2) is 4.79 Å². The molecule has 7 nitrogen and oxygen atoms in total. The molecule has 20 heavy (non-hydrogen) atoms. The summed E-state index contributed by atoms with van der Waals surface area (Å²) in [5.41, 5.74) is 5.86. The molecule has 114 valence electrons. The first kappa shape index (κ1) is 18.2. The molecule has 2 amide bonds. The summed E-state index contributed by atoms with van der Waals surface area (Å²) in [5, 5.41) is 9.39. The lowest BCUT2D eigenvalue weighted by molar-refractivity contribution is 0.246. The van der Waals surface area contributed by atoms with E-state index in [1.807, 2.05) is 24.4 Å². The van der Waals surface area contributed by atoms with Crippen molar-refractivity contribution in [2.45, 2.75) is 32.1 Å². The van der Waals surface area contributed by atoms with Crippen molar-refractivity contribution in [2.75, 3.05) is 0 Å². The van der Waals surface area contributed by atoms with Crippen molar-refractivity contribution in [3.8, 4) is 5.75 Å². The van der Waals surface area contributed by atoms with Crippen molar-refractivity contribution < 1.29 is 22.9 Å². The number of aryl methyl sites for hydroxylation is 1. The number of carbonyl (C=O) groups is 1. The molecule has 1 atom stereocenters. The zero-order valence-electron chi connectivity index (χ0n) is 11.4. The Labute approximate surface area is 118 Å². The first-order valence-corrected chi connectivity index (χ1v) is 7.45. The Morgan fingerprint density at radius 2 is 1.85 bits per heavy atom. The quantitative estimate of drug-likeness (QED) is 0.624. The van der Waals surface area contributed by atoms with Crippen LogP contribution in [0.2, 0.25) is 0 Å². The van der Waals surface area contributed by atoms with Crippen molar-refractivity contribution in [1.29, 1.82) is 0 Å². The van der Waals surface area contributed by atoms with Crippen LogP contribution in [0.25, 0.3) is 0 Å². The monoisotopic (exact) mass is 304 g/mol. The number of hydrogen-bond acceptors (Lipinski definition) is 4. The fourth-order valence-electron chi connectivity index (χ4n) is 1.26. The Morgan fingerprint density at radius 3 is 2.15 bits per heavy atom. The highest BCUT2D eigenvalue weighted by Gasteiger charge is 2.22. The van der Waals surface area contributed by atoms with Crippen LogP contribution in [0.4, 0.5) is 4.79 Å². The van der Waals surface area contributed by atoms with Gasteiger partial charge in [-0.1, -0.05) is 31.0 Å². The number of carbonyl (C=O) groups excluding carboxylic acids is 1. The molecule has 0 heterocycles. The summed E-state index contributed by atoms with van der Waals surface area (Å²) >= 11 is 0. The van der Waals surface area contributed by atoms with Gasteiger partial charge < -0.3 is 16.2 Å². The van der Waals surface area contributed by atoms with Crippen molar-refractivity contribution >= 4 is 16.1 Å². The number of aromatic hydroxyl groups is 1. The van der Waals surface area contributed by atoms with Crippen LogP contribution in [-0.4, -0.2) is 29.5 Å². The van der Waals surface area contributed by atoms with Crippen LogP contribution < -0.4 is 11.1 Å². The zero-order chi connectivity index (χ0) is 15.8. The Kier molecular flexibility index (Phi) is 7.63. The molecule has 0 aromatic heterocycles. The maximum atomic E-state index is 10.5. The molecule has 0 aliphatic rings. The number of hydrogen-bond donors (Lipinski definition) is 4. The number of nitrogens with one attached hydrogen (secondary N) is 1. The molecule has 5 N–H and O–H groups in total. The summed E-state index contributed by atoms with van der Waals surface area (Å²) in [6, 6.07) is 6.13. The van der Waals surface area contributed by atoms with E-state index in [-0.39, 0.29) is 6.42 Å². The third-order valence-corrected chi connectivity index (χ3v) is 3.32. The van der Waals surface area contributed by atoms with Crippen molar-refractivity contribution in [3.05, 3.63) is 29.8 Å². The van der Waals surface area contributed by atoms with E-state index < -0.39 is 21.5 Å². The van der Waals surface area contributed by atoms with E-state index in [9.17, 15) is 13.2 Å². The lowest BCUT2D eigenvalue weighted by Crippen LogP contribution is -2.43. The Hall–Kier alpha value is -1.80. The third kappa shape index (κ3) is 8.33. The van der Waals surface area contributed by atoms with E-state index in [1.54, 1.807) is 19.1 Å². The van der Waals surface area contributed by atoms with Gasteiger partial charge in [0.25, 0.3) is 10.1 Å². The second-order valence-electron chi connectivity index (χ2n) is 4.14. The summed E-state index contributed by atoms with van der Waals surface area (Å²) in [6.45, 7) is 3.71. The van der Waals surface area contributed by atoms with Crippen LogP contribution in [0.1, 0.15) is 25.3 Å². The first-order chi connectivity index (χ1) is 9.16. The molecule has 1 unspecified atom stereocenters. The zero-order valence-corrected chi connectivity index (χ0v) is 12.2. The maximum absolute atomic E-state index is 10.5. The lowest BCUT2D eigenvalue weighted by Gasteiger charge is -2.12. The van der Waals surface area contributed by atoms with Gasteiger partial charge in [-0.3, -0.25) is 4.55 Å². The molecule has 0 fully saturated rings. The van der Waals surface area contributed by atoms with Gasteiger partial charge in [-0.05, 0) is 25.5 Å². The normalized spacial score (nSPS) is 11.9. The maximum Gasteiger partial charge on any atom is 0.313 e. The highest BCUT2D eigenvalue weighted by Crippen LogP contribution is 2.07. The number of phenolic OH excluding ortho intramolecular Hbond substituents is 1. The van der Waals surface area contributed by atoms with Gasteiger partial charge in [-0.2, -0.15) is 8.42 Å². The third-order valence-electron chi connectivity index (χ3n) is 2.25. The average molecular weight is 304 g/mol. The molecular formula is C12H20N2O5S. The molecule has 0 bridgehead atoms. The summed E-state index contributed by atoms with van der Waals surface area (Å²) in [4.78, 5) is 10.3. The predicted octanol–water partition coefficient (Wildman–Crippen LogP) is 1.37. The number of benzene rings is 1. The Balaban J connectivity index is 0.000000388. The Bertz CT molecular complexity index is 492. The SMILES string of the molecule is CCCC(NC(N)=O)S(=O)(=O)O.Cc1ccc(O)cc1.